The lowest BCUT2D eigenvalue weighted by atomic mass is 10.1. The van der Waals surface area contributed by atoms with Crippen LogP contribution in [-0.4, -0.2) is 44.0 Å². The Balaban J connectivity index is 1.72. The fraction of sp³-hybridized carbons (Fsp3) is 0. The minimum absolute atomic E-state index is 0.00620. The second-order valence-electron chi connectivity index (χ2n) is 7.75. The van der Waals surface area contributed by atoms with Crippen molar-refractivity contribution in [2.45, 2.75) is 14.7 Å². The minimum Gasteiger partial charge on any atom is -0.507 e. The lowest BCUT2D eigenvalue weighted by Gasteiger charge is -2.08. The van der Waals surface area contributed by atoms with Crippen LogP contribution in [-0.2, 0) is 30.4 Å². The smallest absolute Gasteiger partial charge is 0.296 e. The molecule has 4 aromatic rings. The summed E-state index contributed by atoms with van der Waals surface area (Å²) in [5, 5.41) is 25.5. The number of fused-ring (bicyclic) bond motifs is 1. The molecule has 0 aliphatic heterocycles. The Labute approximate surface area is 221 Å². The number of phenolic OH excluding ortho intramolecular Hbond substituents is 1. The molecule has 17 heteroatoms. The minimum atomic E-state index is -4.84. The van der Waals surface area contributed by atoms with Gasteiger partial charge in [0, 0.05) is 10.8 Å². The quantitative estimate of drug-likeness (QED) is 0.163. The predicted octanol–water partition coefficient (Wildman–Crippen LogP) is 5.12. The van der Waals surface area contributed by atoms with Gasteiger partial charge in [-0.2, -0.15) is 35.5 Å². The lowest BCUT2D eigenvalue weighted by molar-refractivity contribution is 0.474. The third-order valence-electron chi connectivity index (χ3n) is 5.14. The molecule has 0 atom stereocenters. The van der Waals surface area contributed by atoms with Crippen molar-refractivity contribution in [3.8, 4) is 5.75 Å². The molecule has 4 aromatic carbocycles. The van der Waals surface area contributed by atoms with Crippen molar-refractivity contribution in [3.05, 3.63) is 72.8 Å². The largest absolute Gasteiger partial charge is 0.507 e. The Morgan fingerprint density at radius 2 is 1.10 bits per heavy atom. The van der Waals surface area contributed by atoms with Gasteiger partial charge in [-0.15, -0.1) is 10.2 Å². The number of phenols is 1. The summed E-state index contributed by atoms with van der Waals surface area (Å²) in [4.78, 5) is -1.62. The molecule has 202 valence electrons. The van der Waals surface area contributed by atoms with Gasteiger partial charge >= 0.3 is 0 Å². The third-order valence-corrected chi connectivity index (χ3v) is 7.78. The number of hydrogen-bond acceptors (Lipinski definition) is 11. The SMILES string of the molecule is O=S(=O)(O)c1ccc(/N=N/c2ccc(/N=N/c3ccc(O)c4c(S(=O)(=O)O)cccc34)c(S(=O)(=O)O)c2)cc1. The van der Waals surface area contributed by atoms with E-state index in [1.54, 1.807) is 0 Å². The molecule has 0 radical (unpaired) electrons. The number of rotatable bonds is 7. The summed E-state index contributed by atoms with van der Waals surface area (Å²) in [5.74, 6) is -0.460. The monoisotopic (exact) mass is 592 g/mol. The van der Waals surface area contributed by atoms with E-state index in [0.717, 1.165) is 36.4 Å². The molecule has 0 heterocycles. The number of aromatic hydroxyl groups is 1. The second-order valence-corrected chi connectivity index (χ2v) is 12.0. The van der Waals surface area contributed by atoms with E-state index in [-0.39, 0.29) is 38.4 Å². The average Bonchev–Trinajstić information content (AvgIpc) is 2.86. The average molecular weight is 593 g/mol. The Kier molecular flexibility index (Phi) is 7.30. The first-order valence-electron chi connectivity index (χ1n) is 10.4. The molecule has 0 amide bonds. The Bertz CT molecular complexity index is 1990. The predicted molar refractivity (Wildman–Crippen MR) is 136 cm³/mol. The van der Waals surface area contributed by atoms with Crippen LogP contribution in [0.5, 0.6) is 5.75 Å². The van der Waals surface area contributed by atoms with E-state index in [1.807, 2.05) is 0 Å². The van der Waals surface area contributed by atoms with Gasteiger partial charge in [0.05, 0.1) is 22.0 Å². The zero-order chi connectivity index (χ0) is 28.6. The van der Waals surface area contributed by atoms with E-state index >= 15 is 0 Å². The Morgan fingerprint density at radius 1 is 0.538 bits per heavy atom. The van der Waals surface area contributed by atoms with E-state index < -0.39 is 45.9 Å². The molecule has 14 nitrogen and oxygen atoms in total. The van der Waals surface area contributed by atoms with Crippen molar-refractivity contribution in [2.75, 3.05) is 0 Å². The highest BCUT2D eigenvalue weighted by Gasteiger charge is 2.19. The molecule has 0 saturated heterocycles. The molecule has 0 fully saturated rings. The first-order chi connectivity index (χ1) is 18.1. The third kappa shape index (κ3) is 6.30. The van der Waals surface area contributed by atoms with Crippen molar-refractivity contribution in [1.29, 1.82) is 0 Å². The van der Waals surface area contributed by atoms with Gasteiger partial charge in [0.15, 0.2) is 0 Å². The zero-order valence-corrected chi connectivity index (χ0v) is 21.6. The maximum atomic E-state index is 12.0. The van der Waals surface area contributed by atoms with Gasteiger partial charge in [0.25, 0.3) is 30.4 Å². The summed E-state index contributed by atoms with van der Waals surface area (Å²) in [6.45, 7) is 0. The summed E-state index contributed by atoms with van der Waals surface area (Å²) in [6.07, 6.45) is 0. The van der Waals surface area contributed by atoms with Gasteiger partial charge in [-0.3, -0.25) is 13.7 Å². The molecular formula is C22H16N4O10S3. The number of benzene rings is 4. The fourth-order valence-electron chi connectivity index (χ4n) is 3.40. The highest BCUT2D eigenvalue weighted by molar-refractivity contribution is 7.86. The van der Waals surface area contributed by atoms with Gasteiger partial charge in [0.1, 0.15) is 21.2 Å². The first kappa shape index (κ1) is 27.9. The highest BCUT2D eigenvalue weighted by Crippen LogP contribution is 2.38. The molecular weight excluding hydrogens is 576 g/mol. The topological polar surface area (TPSA) is 233 Å². The van der Waals surface area contributed by atoms with Crippen LogP contribution in [0.2, 0.25) is 0 Å². The molecule has 4 N–H and O–H groups in total. The van der Waals surface area contributed by atoms with Gasteiger partial charge in [0.2, 0.25) is 0 Å². The Morgan fingerprint density at radius 3 is 1.72 bits per heavy atom. The fourth-order valence-corrected chi connectivity index (χ4v) is 5.25. The van der Waals surface area contributed by atoms with E-state index in [1.165, 1.54) is 36.4 Å². The van der Waals surface area contributed by atoms with E-state index in [0.29, 0.717) is 0 Å². The van der Waals surface area contributed by atoms with E-state index in [2.05, 4.69) is 20.5 Å². The van der Waals surface area contributed by atoms with Crippen LogP contribution >= 0.6 is 0 Å². The van der Waals surface area contributed by atoms with Crippen molar-refractivity contribution < 1.29 is 44.0 Å². The van der Waals surface area contributed by atoms with Gasteiger partial charge in [-0.05, 0) is 60.7 Å². The number of hydrogen-bond donors (Lipinski definition) is 4. The van der Waals surface area contributed by atoms with Crippen LogP contribution in [0.25, 0.3) is 10.8 Å². The molecule has 0 aliphatic rings. The molecule has 0 aliphatic carbocycles. The van der Waals surface area contributed by atoms with E-state index in [4.69, 9.17) is 4.55 Å². The Hall–Kier alpha value is -4.13. The second kappa shape index (κ2) is 10.2. The molecule has 39 heavy (non-hydrogen) atoms. The molecule has 0 unspecified atom stereocenters. The van der Waals surface area contributed by atoms with Crippen molar-refractivity contribution in [3.63, 3.8) is 0 Å². The summed E-state index contributed by atoms with van der Waals surface area (Å²) >= 11 is 0. The van der Waals surface area contributed by atoms with Crippen LogP contribution < -0.4 is 0 Å². The summed E-state index contributed by atoms with van der Waals surface area (Å²) in [6, 6.07) is 14.2. The lowest BCUT2D eigenvalue weighted by Crippen LogP contribution is -1.99. The van der Waals surface area contributed by atoms with Crippen molar-refractivity contribution >= 4 is 63.9 Å². The molecule has 0 aromatic heterocycles. The van der Waals surface area contributed by atoms with Crippen LogP contribution in [0.3, 0.4) is 0 Å². The van der Waals surface area contributed by atoms with Crippen molar-refractivity contribution in [1.82, 2.24) is 0 Å². The number of nitrogens with zero attached hydrogens (tertiary/aromatic N) is 4. The van der Waals surface area contributed by atoms with Gasteiger partial charge in [-0.1, -0.05) is 12.1 Å². The highest BCUT2D eigenvalue weighted by atomic mass is 32.2. The number of azo groups is 2. The maximum absolute atomic E-state index is 12.0. The van der Waals surface area contributed by atoms with Crippen LogP contribution in [0.15, 0.2) is 108 Å². The van der Waals surface area contributed by atoms with E-state index in [9.17, 15) is 39.5 Å². The van der Waals surface area contributed by atoms with Gasteiger partial charge in [-0.25, -0.2) is 0 Å². The standard InChI is InChI=1S/C22H16N4O10S3/c27-19-11-10-17(16-2-1-3-20(22(16)19)38(31,32)33)25-26-18-9-6-14(12-21(18)39(34,35)36)24-23-13-4-7-15(8-5-13)37(28,29)30/h1-12,27H,(H,28,29,30)(H,31,32,33)(H,34,35,36)/b24-23+,26-25+. The first-order valence-corrected chi connectivity index (χ1v) is 14.7. The van der Waals surface area contributed by atoms with Crippen molar-refractivity contribution in [2.24, 2.45) is 20.5 Å². The summed E-state index contributed by atoms with van der Waals surface area (Å²) < 4.78 is 97.9. The molecule has 0 bridgehead atoms. The molecule has 0 saturated carbocycles. The van der Waals surface area contributed by atoms with Crippen LogP contribution in [0, 0.1) is 0 Å². The molecule has 0 spiro atoms. The summed E-state index contributed by atoms with van der Waals surface area (Å²) in [5.41, 5.74) is -0.177. The van der Waals surface area contributed by atoms with Crippen LogP contribution in [0.4, 0.5) is 22.7 Å². The van der Waals surface area contributed by atoms with Crippen LogP contribution in [0.1, 0.15) is 0 Å². The molecule has 4 rings (SSSR count). The zero-order valence-electron chi connectivity index (χ0n) is 19.2. The van der Waals surface area contributed by atoms with Gasteiger partial charge < -0.3 is 5.11 Å². The normalized spacial score (nSPS) is 13.0. The summed E-state index contributed by atoms with van der Waals surface area (Å²) in [7, 11) is -13.9. The maximum Gasteiger partial charge on any atom is 0.296 e.